The summed E-state index contributed by atoms with van der Waals surface area (Å²) in [5.41, 5.74) is 4.79. The Kier molecular flexibility index (Phi) is 4.86. The van der Waals surface area contributed by atoms with Gasteiger partial charge in [-0.2, -0.15) is 0 Å². The Balaban J connectivity index is 1.24. The van der Waals surface area contributed by atoms with E-state index in [1.165, 1.54) is 24.1 Å². The van der Waals surface area contributed by atoms with Gasteiger partial charge in [0.05, 0.1) is 18.5 Å². The fraction of sp³-hybridized carbons (Fsp3) is 0.500. The van der Waals surface area contributed by atoms with Crippen molar-refractivity contribution >= 4 is 11.4 Å². The van der Waals surface area contributed by atoms with Gasteiger partial charge in [-0.3, -0.25) is 4.90 Å². The molecule has 0 spiro atoms. The Morgan fingerprint density at radius 1 is 1.10 bits per heavy atom. The summed E-state index contributed by atoms with van der Waals surface area (Å²) in [6, 6.07) is 12.4. The third kappa shape index (κ3) is 3.46. The van der Waals surface area contributed by atoms with Gasteiger partial charge in [-0.25, -0.2) is 4.39 Å². The molecule has 0 saturated carbocycles. The molecule has 3 aliphatic rings. The van der Waals surface area contributed by atoms with Crippen LogP contribution >= 0.6 is 0 Å². The number of benzene rings is 2. The van der Waals surface area contributed by atoms with E-state index in [4.69, 9.17) is 4.74 Å². The summed E-state index contributed by atoms with van der Waals surface area (Å²) < 4.78 is 19.3. The third-order valence-corrected chi connectivity index (χ3v) is 6.98. The maximum atomic E-state index is 14.0. The van der Waals surface area contributed by atoms with Crippen molar-refractivity contribution in [3.05, 3.63) is 53.3 Å². The number of piperidine rings is 1. The average Bonchev–Trinajstić information content (AvgIpc) is 3.10. The number of anilines is 2. The number of ether oxygens (including phenoxy) is 1. The van der Waals surface area contributed by atoms with Gasteiger partial charge in [0.2, 0.25) is 0 Å². The van der Waals surface area contributed by atoms with Crippen LogP contribution in [0.15, 0.2) is 36.4 Å². The van der Waals surface area contributed by atoms with Crippen molar-refractivity contribution in [3.8, 4) is 5.75 Å². The lowest BCUT2D eigenvalue weighted by molar-refractivity contribution is 0.202. The second kappa shape index (κ2) is 7.52. The molecule has 5 rings (SSSR count). The highest BCUT2D eigenvalue weighted by molar-refractivity contribution is 5.80. The minimum absolute atomic E-state index is 0.123. The first-order valence-electron chi connectivity index (χ1n) is 10.9. The fourth-order valence-corrected chi connectivity index (χ4v) is 5.40. The predicted molar refractivity (Wildman–Crippen MR) is 115 cm³/mol. The molecule has 2 unspecified atom stereocenters. The van der Waals surface area contributed by atoms with Crippen LogP contribution in [0, 0.1) is 5.82 Å². The molecule has 2 atom stereocenters. The molecular formula is C24H30FN3O. The number of likely N-dealkylation sites (tertiary alicyclic amines) is 1. The molecule has 154 valence electrons. The molecule has 2 aromatic rings. The van der Waals surface area contributed by atoms with Crippen molar-refractivity contribution in [1.82, 2.24) is 4.90 Å². The van der Waals surface area contributed by atoms with Crippen molar-refractivity contribution in [3.63, 3.8) is 0 Å². The topological polar surface area (TPSA) is 27.7 Å². The van der Waals surface area contributed by atoms with Crippen LogP contribution in [0.1, 0.15) is 43.2 Å². The van der Waals surface area contributed by atoms with Gasteiger partial charge in [-0.05, 0) is 87.0 Å². The lowest BCUT2D eigenvalue weighted by atomic mass is 9.89. The molecule has 1 saturated heterocycles. The van der Waals surface area contributed by atoms with Gasteiger partial charge in [0.1, 0.15) is 17.7 Å². The number of halogens is 1. The van der Waals surface area contributed by atoms with Crippen LogP contribution < -0.4 is 15.0 Å². The largest absolute Gasteiger partial charge is 0.497 e. The van der Waals surface area contributed by atoms with Gasteiger partial charge in [0.15, 0.2) is 0 Å². The van der Waals surface area contributed by atoms with Gasteiger partial charge in [-0.1, -0.05) is 12.1 Å². The Morgan fingerprint density at radius 3 is 2.59 bits per heavy atom. The Morgan fingerprint density at radius 2 is 1.86 bits per heavy atom. The summed E-state index contributed by atoms with van der Waals surface area (Å²) in [6.07, 6.45) is 4.66. The van der Waals surface area contributed by atoms with E-state index < -0.39 is 0 Å². The van der Waals surface area contributed by atoms with E-state index in [1.54, 1.807) is 19.2 Å². The minimum Gasteiger partial charge on any atom is -0.497 e. The van der Waals surface area contributed by atoms with Crippen molar-refractivity contribution in [2.75, 3.05) is 37.0 Å². The molecule has 0 radical (unpaired) electrons. The van der Waals surface area contributed by atoms with Gasteiger partial charge in [0.25, 0.3) is 0 Å². The van der Waals surface area contributed by atoms with Crippen LogP contribution in [0.5, 0.6) is 5.75 Å². The smallest absolute Gasteiger partial charge is 0.125 e. The van der Waals surface area contributed by atoms with E-state index in [0.29, 0.717) is 12.0 Å². The summed E-state index contributed by atoms with van der Waals surface area (Å²) in [7, 11) is 1.71. The summed E-state index contributed by atoms with van der Waals surface area (Å²) in [5.74, 6) is 1.42. The second-order valence-electron chi connectivity index (χ2n) is 8.76. The molecule has 1 fully saturated rings. The molecule has 3 heterocycles. The average molecular weight is 396 g/mol. The quantitative estimate of drug-likeness (QED) is 0.818. The van der Waals surface area contributed by atoms with Crippen LogP contribution in [-0.2, 0) is 6.42 Å². The SMILES string of the molecule is COc1ccc(C2CCN(CC3Nc4cc(F)cc5c4N3C(C)CC5)CC2)cc1. The fourth-order valence-electron chi connectivity index (χ4n) is 5.40. The zero-order valence-corrected chi connectivity index (χ0v) is 17.3. The van der Waals surface area contributed by atoms with Crippen LogP contribution in [0.3, 0.4) is 0 Å². The van der Waals surface area contributed by atoms with E-state index in [1.807, 2.05) is 0 Å². The standard InChI is InChI=1S/C24H30FN3O/c1-16-3-4-19-13-20(25)14-22-24(19)28(16)23(26-22)15-27-11-9-18(10-12-27)17-5-7-21(29-2)8-6-17/h5-8,13-14,16,18,23,26H,3-4,9-12,15H2,1-2H3. The number of methoxy groups -OCH3 is 1. The van der Waals surface area contributed by atoms with E-state index >= 15 is 0 Å². The molecule has 5 heteroatoms. The normalized spacial score (nSPS) is 24.3. The first kappa shape index (κ1) is 18.7. The lowest BCUT2D eigenvalue weighted by Gasteiger charge is -2.40. The number of aryl methyl sites for hydroxylation is 1. The molecule has 3 aliphatic heterocycles. The van der Waals surface area contributed by atoms with Crippen LogP contribution in [0.2, 0.25) is 0 Å². The van der Waals surface area contributed by atoms with Crippen molar-refractivity contribution in [1.29, 1.82) is 0 Å². The third-order valence-electron chi connectivity index (χ3n) is 6.98. The van der Waals surface area contributed by atoms with E-state index in [0.717, 1.165) is 49.5 Å². The lowest BCUT2D eigenvalue weighted by Crippen LogP contribution is -2.51. The molecule has 1 N–H and O–H groups in total. The maximum Gasteiger partial charge on any atom is 0.125 e. The summed E-state index contributed by atoms with van der Waals surface area (Å²) in [4.78, 5) is 5.07. The number of rotatable bonds is 4. The predicted octanol–water partition coefficient (Wildman–Crippen LogP) is 4.61. The highest BCUT2D eigenvalue weighted by Crippen LogP contribution is 2.44. The molecule has 2 aromatic carbocycles. The first-order valence-corrected chi connectivity index (χ1v) is 10.9. The summed E-state index contributed by atoms with van der Waals surface area (Å²) in [5, 5.41) is 3.62. The van der Waals surface area contributed by atoms with Crippen LogP contribution in [0.4, 0.5) is 15.8 Å². The van der Waals surface area contributed by atoms with Gasteiger partial charge < -0.3 is 15.0 Å². The van der Waals surface area contributed by atoms with Crippen molar-refractivity contribution < 1.29 is 9.13 Å². The number of hydrogen-bond acceptors (Lipinski definition) is 4. The number of hydrogen-bond donors (Lipinski definition) is 1. The van der Waals surface area contributed by atoms with Gasteiger partial charge in [0, 0.05) is 12.6 Å². The zero-order valence-electron chi connectivity index (χ0n) is 17.3. The van der Waals surface area contributed by atoms with Crippen LogP contribution in [-0.4, -0.2) is 43.9 Å². The summed E-state index contributed by atoms with van der Waals surface area (Å²) in [6.45, 7) is 5.49. The Labute approximate surface area is 172 Å². The maximum absolute atomic E-state index is 14.0. The number of nitrogens with zero attached hydrogens (tertiary/aromatic N) is 2. The molecule has 29 heavy (non-hydrogen) atoms. The zero-order chi connectivity index (χ0) is 20.0. The molecular weight excluding hydrogens is 365 g/mol. The molecule has 0 aliphatic carbocycles. The molecule has 4 nitrogen and oxygen atoms in total. The Bertz CT molecular complexity index is 876. The van der Waals surface area contributed by atoms with E-state index in [-0.39, 0.29) is 12.0 Å². The van der Waals surface area contributed by atoms with E-state index in [2.05, 4.69) is 46.3 Å². The minimum atomic E-state index is -0.123. The highest BCUT2D eigenvalue weighted by Gasteiger charge is 2.38. The molecule has 0 amide bonds. The van der Waals surface area contributed by atoms with E-state index in [9.17, 15) is 4.39 Å². The van der Waals surface area contributed by atoms with Crippen LogP contribution in [0.25, 0.3) is 0 Å². The van der Waals surface area contributed by atoms with Crippen molar-refractivity contribution in [2.45, 2.75) is 50.7 Å². The highest BCUT2D eigenvalue weighted by atomic mass is 19.1. The first-order chi connectivity index (χ1) is 14.1. The van der Waals surface area contributed by atoms with Gasteiger partial charge >= 0.3 is 0 Å². The second-order valence-corrected chi connectivity index (χ2v) is 8.76. The monoisotopic (exact) mass is 395 g/mol. The Hall–Kier alpha value is -2.27. The molecule has 0 bridgehead atoms. The molecule has 0 aromatic heterocycles. The van der Waals surface area contributed by atoms with Crippen molar-refractivity contribution in [2.24, 2.45) is 0 Å². The summed E-state index contributed by atoms with van der Waals surface area (Å²) >= 11 is 0. The number of nitrogens with one attached hydrogen (secondary N) is 1. The van der Waals surface area contributed by atoms with Gasteiger partial charge in [-0.15, -0.1) is 0 Å².